The summed E-state index contributed by atoms with van der Waals surface area (Å²) in [6.07, 6.45) is 2.28. The SMILES string of the molecule is [CH2-]CCC.[CH3-].[U+2]. The van der Waals surface area contributed by atoms with E-state index < -0.39 is 0 Å². The summed E-state index contributed by atoms with van der Waals surface area (Å²) in [5.41, 5.74) is 0. The van der Waals surface area contributed by atoms with Crippen LogP contribution >= 0.6 is 0 Å². The van der Waals surface area contributed by atoms with Gasteiger partial charge in [-0.15, -0.1) is 0 Å². The zero-order chi connectivity index (χ0) is 3.41. The average molecular weight is 310 g/mol. The largest absolute Gasteiger partial charge is 2.00 e. The Morgan fingerprint density at radius 3 is 1.67 bits per heavy atom. The number of hydrogen-bond donors (Lipinski definition) is 0. The molecule has 0 heterocycles. The first-order valence-corrected chi connectivity index (χ1v) is 1.71. The van der Waals surface area contributed by atoms with Gasteiger partial charge in [0.15, 0.2) is 0 Å². The number of unbranched alkanes of at least 4 members (excludes halogenated alkanes) is 1. The second-order valence-electron chi connectivity index (χ2n) is 0.854. The molecule has 0 bridgehead atoms. The summed E-state index contributed by atoms with van der Waals surface area (Å²) in [6.45, 7) is 5.72. The molecule has 0 atom stereocenters. The minimum atomic E-state index is 0. The Morgan fingerprint density at radius 1 is 1.50 bits per heavy atom. The van der Waals surface area contributed by atoms with Crippen molar-refractivity contribution < 1.29 is 31.1 Å². The van der Waals surface area contributed by atoms with Crippen LogP contribution in [0.25, 0.3) is 0 Å². The molecule has 0 saturated heterocycles. The van der Waals surface area contributed by atoms with Gasteiger partial charge in [-0.3, -0.25) is 0 Å². The van der Waals surface area contributed by atoms with Crippen molar-refractivity contribution >= 4 is 0 Å². The molecular weight excluding hydrogens is 298 g/mol. The van der Waals surface area contributed by atoms with Crippen LogP contribution in [-0.2, 0) is 0 Å². The zero-order valence-corrected chi connectivity index (χ0v) is 8.79. The molecule has 6 heavy (non-hydrogen) atoms. The quantitative estimate of drug-likeness (QED) is 0.651. The first-order chi connectivity index (χ1) is 1.91. The van der Waals surface area contributed by atoms with Gasteiger partial charge in [0.25, 0.3) is 0 Å². The van der Waals surface area contributed by atoms with Crippen molar-refractivity contribution in [1.29, 1.82) is 0 Å². The Labute approximate surface area is 65.1 Å². The molecule has 1 heteroatoms. The summed E-state index contributed by atoms with van der Waals surface area (Å²) in [7, 11) is 0. The molecule has 0 aromatic rings. The van der Waals surface area contributed by atoms with Crippen molar-refractivity contribution in [2.24, 2.45) is 0 Å². The first-order valence-electron chi connectivity index (χ1n) is 1.71. The van der Waals surface area contributed by atoms with Crippen LogP contribution in [0.1, 0.15) is 19.8 Å². The molecule has 36 valence electrons. The maximum absolute atomic E-state index is 3.60. The minimum absolute atomic E-state index is 0. The summed E-state index contributed by atoms with van der Waals surface area (Å²) in [6, 6.07) is 0. The van der Waals surface area contributed by atoms with Gasteiger partial charge in [0, 0.05) is 0 Å². The molecule has 0 nitrogen and oxygen atoms in total. The van der Waals surface area contributed by atoms with Crippen molar-refractivity contribution in [1.82, 2.24) is 0 Å². The Balaban J connectivity index is -0.0000000450. The second-order valence-corrected chi connectivity index (χ2v) is 0.854. The first kappa shape index (κ1) is 15.7. The zero-order valence-electron chi connectivity index (χ0n) is 4.62. The molecule has 0 spiro atoms. The predicted molar refractivity (Wildman–Crippen MR) is 26.7 cm³/mol. The van der Waals surface area contributed by atoms with E-state index in [1.165, 1.54) is 6.42 Å². The molecule has 0 N–H and O–H groups in total. The van der Waals surface area contributed by atoms with E-state index >= 15 is 0 Å². The van der Waals surface area contributed by atoms with Crippen LogP contribution in [-0.4, -0.2) is 0 Å². The second kappa shape index (κ2) is 16.6. The van der Waals surface area contributed by atoms with Crippen LogP contribution in [0.3, 0.4) is 0 Å². The van der Waals surface area contributed by atoms with Gasteiger partial charge in [-0.05, 0) is 0 Å². The van der Waals surface area contributed by atoms with E-state index in [1.807, 2.05) is 0 Å². The third kappa shape index (κ3) is 19.7. The van der Waals surface area contributed by atoms with E-state index in [-0.39, 0.29) is 38.5 Å². The van der Waals surface area contributed by atoms with Gasteiger partial charge in [-0.1, -0.05) is 13.3 Å². The van der Waals surface area contributed by atoms with Crippen molar-refractivity contribution in [2.75, 3.05) is 0 Å². The van der Waals surface area contributed by atoms with Crippen LogP contribution in [0.2, 0.25) is 0 Å². The fourth-order valence-corrected chi connectivity index (χ4v) is 0. The Hall–Kier alpha value is 1.05. The molecule has 0 aromatic heterocycles. The van der Waals surface area contributed by atoms with Gasteiger partial charge in [0.1, 0.15) is 0 Å². The Morgan fingerprint density at radius 2 is 1.67 bits per heavy atom. The van der Waals surface area contributed by atoms with Crippen molar-refractivity contribution in [3.05, 3.63) is 14.4 Å². The summed E-state index contributed by atoms with van der Waals surface area (Å²) >= 11 is 0. The van der Waals surface area contributed by atoms with Crippen LogP contribution in [0.5, 0.6) is 0 Å². The van der Waals surface area contributed by atoms with E-state index in [1.54, 1.807) is 0 Å². The summed E-state index contributed by atoms with van der Waals surface area (Å²) < 4.78 is 0. The Kier molecular flexibility index (Phi) is 43.5. The maximum atomic E-state index is 3.60. The van der Waals surface area contributed by atoms with Crippen LogP contribution in [0.15, 0.2) is 0 Å². The van der Waals surface area contributed by atoms with E-state index in [2.05, 4.69) is 13.8 Å². The van der Waals surface area contributed by atoms with Gasteiger partial charge in [0.05, 0.1) is 0 Å². The van der Waals surface area contributed by atoms with Gasteiger partial charge in [-0.2, -0.15) is 6.42 Å². The van der Waals surface area contributed by atoms with Crippen LogP contribution < -0.4 is 0 Å². The smallest absolute Gasteiger partial charge is 0.358 e. The molecule has 0 aromatic carbocycles. The minimum Gasteiger partial charge on any atom is -0.358 e. The average Bonchev–Trinajstić information content (AvgIpc) is 1.37. The van der Waals surface area contributed by atoms with Gasteiger partial charge >= 0.3 is 31.1 Å². The molecule has 0 unspecified atom stereocenters. The molecule has 0 aliphatic carbocycles. The van der Waals surface area contributed by atoms with Gasteiger partial charge in [-0.25, -0.2) is 0 Å². The summed E-state index contributed by atoms with van der Waals surface area (Å²) in [4.78, 5) is 0. The number of rotatable bonds is 1. The molecule has 0 radical (unpaired) electrons. The fourth-order valence-electron chi connectivity index (χ4n) is 0. The van der Waals surface area contributed by atoms with Crippen molar-refractivity contribution in [3.8, 4) is 0 Å². The molecule has 0 saturated carbocycles. The summed E-state index contributed by atoms with van der Waals surface area (Å²) in [5, 5.41) is 0. The third-order valence-electron chi connectivity index (χ3n) is 0.354. The van der Waals surface area contributed by atoms with Crippen molar-refractivity contribution in [3.63, 3.8) is 0 Å². The topological polar surface area (TPSA) is 0 Å². The third-order valence-corrected chi connectivity index (χ3v) is 0.354. The normalized spacial score (nSPS) is 5.00. The molecule has 0 aliphatic heterocycles. The molecular formula is C5H12U. The molecule has 0 amide bonds. The molecule has 0 aliphatic rings. The maximum Gasteiger partial charge on any atom is 2.00 e. The monoisotopic (exact) mass is 310 g/mol. The van der Waals surface area contributed by atoms with Gasteiger partial charge < -0.3 is 14.4 Å². The predicted octanol–water partition coefficient (Wildman–Crippen LogP) is 2.07. The van der Waals surface area contributed by atoms with Crippen LogP contribution in [0, 0.1) is 45.5 Å². The standard InChI is InChI=1S/C4H9.CH3.U/c1-3-4-2;;/h1,3-4H2,2H3;1H3;/q2*-1;+2. The van der Waals surface area contributed by atoms with Crippen LogP contribution in [0.4, 0.5) is 0 Å². The number of hydrogen-bond acceptors (Lipinski definition) is 0. The van der Waals surface area contributed by atoms with Gasteiger partial charge in [0.2, 0.25) is 0 Å². The van der Waals surface area contributed by atoms with E-state index in [0.29, 0.717) is 0 Å². The van der Waals surface area contributed by atoms with E-state index in [4.69, 9.17) is 0 Å². The van der Waals surface area contributed by atoms with E-state index in [9.17, 15) is 0 Å². The van der Waals surface area contributed by atoms with Crippen molar-refractivity contribution in [2.45, 2.75) is 19.8 Å². The Bertz CT molecular complexity index is 5.90. The summed E-state index contributed by atoms with van der Waals surface area (Å²) in [5.74, 6) is 0. The van der Waals surface area contributed by atoms with E-state index in [0.717, 1.165) is 6.42 Å². The fraction of sp³-hybridized carbons (Fsp3) is 0.600. The molecule has 0 fully saturated rings. The molecule has 0 rings (SSSR count).